The Morgan fingerprint density at radius 1 is 0.529 bits per heavy atom. The van der Waals surface area contributed by atoms with Crippen LogP contribution in [0.2, 0.25) is 0 Å². The molecule has 1 fully saturated rings. The SMILES string of the molecule is CCCCC/C=C\C/C=C\CCCCCCCCC(O)(CCCCCCCC/C=C\C/C=C\CCCCC)CCCCOC(=O)CN1CCCC1. The third-order valence-electron chi connectivity index (χ3n) is 10.5. The highest BCUT2D eigenvalue weighted by molar-refractivity contribution is 5.71. The first-order chi connectivity index (χ1) is 25.1. The number of allylic oxidation sites excluding steroid dienone is 8. The molecular weight excluding hydrogens is 627 g/mol. The number of carbonyl (C=O) groups is 1. The quantitative estimate of drug-likeness (QED) is 0.0396. The van der Waals surface area contributed by atoms with E-state index in [2.05, 4.69) is 67.4 Å². The maximum Gasteiger partial charge on any atom is 0.320 e. The van der Waals surface area contributed by atoms with Crippen LogP contribution in [0.15, 0.2) is 48.6 Å². The predicted octanol–water partition coefficient (Wildman–Crippen LogP) is 13.9. The van der Waals surface area contributed by atoms with Crippen molar-refractivity contribution in [3.63, 3.8) is 0 Å². The molecular formula is C47H85NO3. The number of hydrogen-bond donors (Lipinski definition) is 1. The molecule has 1 aliphatic heterocycles. The molecule has 0 aromatic heterocycles. The zero-order valence-electron chi connectivity index (χ0n) is 34.1. The van der Waals surface area contributed by atoms with E-state index in [1.807, 2.05) is 0 Å². The summed E-state index contributed by atoms with van der Waals surface area (Å²) in [5.74, 6) is -0.0881. The fourth-order valence-corrected chi connectivity index (χ4v) is 7.17. The van der Waals surface area contributed by atoms with Crippen LogP contribution in [0.3, 0.4) is 0 Å². The standard InChI is InChI=1S/C47H85NO3/c1-3-5-7-9-11-13-15-17-19-21-23-25-27-29-31-33-39-47(50,41-35-38-44-51-46(49)45-48-42-36-37-43-48)40-34-32-30-28-26-24-22-20-18-16-14-12-10-8-6-4-2/h11-14,17-20,50H,3-10,15-16,21-45H2,1-2H3/b13-11-,14-12-,19-17-,20-18-. The zero-order valence-corrected chi connectivity index (χ0v) is 34.1. The van der Waals surface area contributed by atoms with Crippen molar-refractivity contribution in [2.45, 2.75) is 218 Å². The van der Waals surface area contributed by atoms with E-state index in [0.717, 1.165) is 70.9 Å². The Kier molecular flexibility index (Phi) is 34.1. The normalized spacial score (nSPS) is 14.4. The van der Waals surface area contributed by atoms with E-state index in [4.69, 9.17) is 4.74 Å². The Morgan fingerprint density at radius 2 is 0.902 bits per heavy atom. The van der Waals surface area contributed by atoms with Gasteiger partial charge >= 0.3 is 5.97 Å². The first-order valence-electron chi connectivity index (χ1n) is 22.3. The molecule has 0 spiro atoms. The topological polar surface area (TPSA) is 49.8 Å². The lowest BCUT2D eigenvalue weighted by Gasteiger charge is -2.29. The van der Waals surface area contributed by atoms with E-state index in [1.54, 1.807) is 0 Å². The zero-order chi connectivity index (χ0) is 36.8. The van der Waals surface area contributed by atoms with Gasteiger partial charge in [0, 0.05) is 0 Å². The summed E-state index contributed by atoms with van der Waals surface area (Å²) in [5.41, 5.74) is -0.565. The molecule has 0 saturated carbocycles. The monoisotopic (exact) mass is 712 g/mol. The number of carbonyl (C=O) groups excluding carboxylic acids is 1. The maximum atomic E-state index is 12.2. The Labute approximate surface area is 318 Å². The van der Waals surface area contributed by atoms with Crippen molar-refractivity contribution in [2.24, 2.45) is 0 Å². The third kappa shape index (κ3) is 32.7. The largest absolute Gasteiger partial charge is 0.465 e. The van der Waals surface area contributed by atoms with E-state index in [0.29, 0.717) is 13.2 Å². The lowest BCUT2D eigenvalue weighted by Crippen LogP contribution is -2.29. The summed E-state index contributed by atoms with van der Waals surface area (Å²) >= 11 is 0. The molecule has 0 aromatic rings. The lowest BCUT2D eigenvalue weighted by molar-refractivity contribution is -0.144. The van der Waals surface area contributed by atoms with Gasteiger partial charge in [-0.2, -0.15) is 0 Å². The van der Waals surface area contributed by atoms with Gasteiger partial charge in [0.25, 0.3) is 0 Å². The van der Waals surface area contributed by atoms with Gasteiger partial charge in [0.15, 0.2) is 0 Å². The average Bonchev–Trinajstić information content (AvgIpc) is 3.64. The molecule has 4 heteroatoms. The highest BCUT2D eigenvalue weighted by atomic mass is 16.5. The first kappa shape index (κ1) is 47.4. The van der Waals surface area contributed by atoms with Crippen molar-refractivity contribution in [1.82, 2.24) is 4.90 Å². The van der Waals surface area contributed by atoms with Gasteiger partial charge in [0.05, 0.1) is 18.8 Å². The van der Waals surface area contributed by atoms with Crippen LogP contribution < -0.4 is 0 Å². The summed E-state index contributed by atoms with van der Waals surface area (Å²) < 4.78 is 5.53. The summed E-state index contributed by atoms with van der Waals surface area (Å²) in [7, 11) is 0. The van der Waals surface area contributed by atoms with Crippen molar-refractivity contribution in [2.75, 3.05) is 26.2 Å². The number of aliphatic hydroxyl groups is 1. The van der Waals surface area contributed by atoms with Gasteiger partial charge in [0.1, 0.15) is 0 Å². The Bertz CT molecular complexity index is 821. The summed E-state index contributed by atoms with van der Waals surface area (Å²) in [6.07, 6.45) is 55.5. The summed E-state index contributed by atoms with van der Waals surface area (Å²) in [4.78, 5) is 14.4. The van der Waals surface area contributed by atoms with Crippen LogP contribution in [0.1, 0.15) is 213 Å². The van der Waals surface area contributed by atoms with Gasteiger partial charge in [-0.3, -0.25) is 9.69 Å². The Morgan fingerprint density at radius 3 is 1.33 bits per heavy atom. The van der Waals surface area contributed by atoms with Crippen molar-refractivity contribution in [3.05, 3.63) is 48.6 Å². The van der Waals surface area contributed by atoms with Crippen molar-refractivity contribution >= 4 is 5.97 Å². The third-order valence-corrected chi connectivity index (χ3v) is 10.5. The fourth-order valence-electron chi connectivity index (χ4n) is 7.17. The molecule has 0 aromatic carbocycles. The number of esters is 1. The van der Waals surface area contributed by atoms with Crippen molar-refractivity contribution < 1.29 is 14.6 Å². The molecule has 51 heavy (non-hydrogen) atoms. The molecule has 0 aliphatic carbocycles. The van der Waals surface area contributed by atoms with Gasteiger partial charge in [-0.1, -0.05) is 152 Å². The van der Waals surface area contributed by atoms with Crippen LogP contribution in [-0.2, 0) is 9.53 Å². The number of nitrogens with zero attached hydrogens (tertiary/aromatic N) is 1. The number of likely N-dealkylation sites (tertiary alicyclic amines) is 1. The summed E-state index contributed by atoms with van der Waals surface area (Å²) in [6, 6.07) is 0. The molecule has 0 atom stereocenters. The summed E-state index contributed by atoms with van der Waals surface area (Å²) in [6.45, 7) is 7.48. The van der Waals surface area contributed by atoms with Crippen molar-refractivity contribution in [1.29, 1.82) is 0 Å². The number of rotatable bonds is 37. The molecule has 1 aliphatic rings. The van der Waals surface area contributed by atoms with Crippen LogP contribution >= 0.6 is 0 Å². The second-order valence-electron chi connectivity index (χ2n) is 15.6. The van der Waals surface area contributed by atoms with Gasteiger partial charge in [-0.15, -0.1) is 0 Å². The molecule has 1 saturated heterocycles. The van der Waals surface area contributed by atoms with E-state index in [-0.39, 0.29) is 5.97 Å². The van der Waals surface area contributed by atoms with Crippen LogP contribution in [0.5, 0.6) is 0 Å². The lowest BCUT2D eigenvalue weighted by atomic mass is 9.85. The van der Waals surface area contributed by atoms with Crippen LogP contribution in [0.4, 0.5) is 0 Å². The van der Waals surface area contributed by atoms with Crippen LogP contribution in [0, 0.1) is 0 Å². The summed E-state index contributed by atoms with van der Waals surface area (Å²) in [5, 5.41) is 11.7. The first-order valence-corrected chi connectivity index (χ1v) is 22.3. The average molecular weight is 712 g/mol. The second kappa shape index (κ2) is 36.7. The van der Waals surface area contributed by atoms with E-state index in [1.165, 1.54) is 141 Å². The molecule has 0 amide bonds. The minimum Gasteiger partial charge on any atom is -0.465 e. The second-order valence-corrected chi connectivity index (χ2v) is 15.6. The maximum absolute atomic E-state index is 12.2. The highest BCUT2D eigenvalue weighted by Gasteiger charge is 2.25. The van der Waals surface area contributed by atoms with Gasteiger partial charge in [-0.05, 0) is 122 Å². The fraction of sp³-hybridized carbons (Fsp3) is 0.809. The molecule has 1 rings (SSSR count). The Balaban J connectivity index is 2.22. The molecule has 0 bridgehead atoms. The Hall–Kier alpha value is -1.65. The molecule has 0 radical (unpaired) electrons. The minimum atomic E-state index is -0.565. The van der Waals surface area contributed by atoms with Gasteiger partial charge < -0.3 is 9.84 Å². The van der Waals surface area contributed by atoms with E-state index >= 15 is 0 Å². The van der Waals surface area contributed by atoms with Crippen molar-refractivity contribution in [3.8, 4) is 0 Å². The highest BCUT2D eigenvalue weighted by Crippen LogP contribution is 2.29. The van der Waals surface area contributed by atoms with Crippen LogP contribution in [0.25, 0.3) is 0 Å². The number of unbranched alkanes of at least 4 members (excludes halogenated alkanes) is 19. The molecule has 0 unspecified atom stereocenters. The van der Waals surface area contributed by atoms with Gasteiger partial charge in [0.2, 0.25) is 0 Å². The van der Waals surface area contributed by atoms with Gasteiger partial charge in [-0.25, -0.2) is 0 Å². The number of hydrogen-bond acceptors (Lipinski definition) is 4. The van der Waals surface area contributed by atoms with E-state index < -0.39 is 5.60 Å². The predicted molar refractivity (Wildman–Crippen MR) is 223 cm³/mol. The molecule has 296 valence electrons. The minimum absolute atomic E-state index is 0.0881. The molecule has 4 nitrogen and oxygen atoms in total. The molecule has 1 heterocycles. The molecule has 1 N–H and O–H groups in total. The number of ether oxygens (including phenoxy) is 1. The van der Waals surface area contributed by atoms with E-state index in [9.17, 15) is 9.90 Å². The smallest absolute Gasteiger partial charge is 0.320 e. The van der Waals surface area contributed by atoms with Crippen LogP contribution in [-0.4, -0.2) is 47.8 Å².